The second kappa shape index (κ2) is 7.51. The second-order valence-electron chi connectivity index (χ2n) is 6.02. The number of rotatable bonds is 4. The highest BCUT2D eigenvalue weighted by molar-refractivity contribution is 5.94. The Kier molecular flexibility index (Phi) is 5.16. The quantitative estimate of drug-likeness (QED) is 0.849. The van der Waals surface area contributed by atoms with Crippen molar-refractivity contribution in [1.82, 2.24) is 4.90 Å². The fourth-order valence-corrected chi connectivity index (χ4v) is 2.95. The van der Waals surface area contributed by atoms with Crippen molar-refractivity contribution < 1.29 is 18.3 Å². The Morgan fingerprint density at radius 3 is 2.32 bits per heavy atom. The van der Waals surface area contributed by atoms with Crippen molar-refractivity contribution in [2.24, 2.45) is 0 Å². The first-order valence-electron chi connectivity index (χ1n) is 8.19. The van der Waals surface area contributed by atoms with Gasteiger partial charge in [0.15, 0.2) is 0 Å². The highest BCUT2D eigenvalue weighted by atomic mass is 19.3. The van der Waals surface area contributed by atoms with E-state index in [1.165, 1.54) is 35.5 Å². The van der Waals surface area contributed by atoms with Crippen molar-refractivity contribution in [3.8, 4) is 5.75 Å². The minimum atomic E-state index is -2.86. The zero-order valence-electron chi connectivity index (χ0n) is 14.0. The molecule has 0 N–H and O–H groups in total. The van der Waals surface area contributed by atoms with Crippen molar-refractivity contribution in [2.45, 2.75) is 13.5 Å². The molecular weight excluding hydrogens is 326 g/mol. The predicted octanol–water partition coefficient (Wildman–Crippen LogP) is 3.56. The third-order valence-corrected chi connectivity index (χ3v) is 4.26. The third kappa shape index (κ3) is 4.26. The lowest BCUT2D eigenvalue weighted by Gasteiger charge is -2.36. The molecule has 1 aliphatic heterocycles. The van der Waals surface area contributed by atoms with Crippen LogP contribution in [0.4, 0.5) is 14.5 Å². The van der Waals surface area contributed by atoms with Gasteiger partial charge < -0.3 is 14.5 Å². The van der Waals surface area contributed by atoms with Crippen molar-refractivity contribution in [3.05, 3.63) is 59.7 Å². The van der Waals surface area contributed by atoms with E-state index in [2.05, 4.69) is 34.8 Å². The number of alkyl halides is 2. The number of hydrogen-bond donors (Lipinski definition) is 0. The van der Waals surface area contributed by atoms with Crippen molar-refractivity contribution in [3.63, 3.8) is 0 Å². The molecule has 3 rings (SSSR count). The Bertz CT molecular complexity index is 726. The third-order valence-electron chi connectivity index (χ3n) is 4.26. The Morgan fingerprint density at radius 2 is 1.72 bits per heavy atom. The zero-order chi connectivity index (χ0) is 17.8. The number of hydrogen-bond acceptors (Lipinski definition) is 3. The van der Waals surface area contributed by atoms with Crippen LogP contribution in [-0.4, -0.2) is 43.6 Å². The molecule has 0 aromatic heterocycles. The van der Waals surface area contributed by atoms with Crippen LogP contribution in [0.1, 0.15) is 15.9 Å². The lowest BCUT2D eigenvalue weighted by atomic mass is 10.1. The number of ether oxygens (including phenoxy) is 1. The van der Waals surface area contributed by atoms with Crippen LogP contribution in [0.5, 0.6) is 5.75 Å². The van der Waals surface area contributed by atoms with Crippen LogP contribution in [0.15, 0.2) is 48.5 Å². The van der Waals surface area contributed by atoms with Gasteiger partial charge in [-0.15, -0.1) is 0 Å². The van der Waals surface area contributed by atoms with E-state index in [-0.39, 0.29) is 11.7 Å². The Balaban J connectivity index is 1.59. The van der Waals surface area contributed by atoms with E-state index in [1.807, 2.05) is 6.07 Å². The summed E-state index contributed by atoms with van der Waals surface area (Å²) >= 11 is 0. The van der Waals surface area contributed by atoms with E-state index in [0.717, 1.165) is 13.1 Å². The molecule has 1 amide bonds. The van der Waals surface area contributed by atoms with Crippen LogP contribution < -0.4 is 9.64 Å². The van der Waals surface area contributed by atoms with Crippen LogP contribution in [0, 0.1) is 6.92 Å². The first-order valence-corrected chi connectivity index (χ1v) is 8.19. The number of anilines is 1. The normalized spacial score (nSPS) is 14.7. The topological polar surface area (TPSA) is 32.8 Å². The van der Waals surface area contributed by atoms with Crippen LogP contribution in [0.3, 0.4) is 0 Å². The van der Waals surface area contributed by atoms with E-state index >= 15 is 0 Å². The molecule has 1 saturated heterocycles. The fraction of sp³-hybridized carbons (Fsp3) is 0.316. The van der Waals surface area contributed by atoms with Crippen molar-refractivity contribution >= 4 is 11.6 Å². The largest absolute Gasteiger partial charge is 0.435 e. The minimum absolute atomic E-state index is 0.0517. The summed E-state index contributed by atoms with van der Waals surface area (Å²) in [5.41, 5.74) is 2.85. The van der Waals surface area contributed by atoms with E-state index in [0.29, 0.717) is 18.7 Å². The monoisotopic (exact) mass is 346 g/mol. The fourth-order valence-electron chi connectivity index (χ4n) is 2.95. The standard InChI is InChI=1S/C19H20F2N2O2/c1-14-3-2-4-16(13-14)22-9-11-23(12-10-22)18(24)15-5-7-17(8-6-15)25-19(20)21/h2-8,13,19H,9-12H2,1H3. The summed E-state index contributed by atoms with van der Waals surface area (Å²) < 4.78 is 28.6. The van der Waals surface area contributed by atoms with Gasteiger partial charge in [0.2, 0.25) is 0 Å². The van der Waals surface area contributed by atoms with Crippen LogP contribution >= 0.6 is 0 Å². The average molecular weight is 346 g/mol. The van der Waals surface area contributed by atoms with Gasteiger partial charge in [-0.1, -0.05) is 12.1 Å². The number of halogens is 2. The summed E-state index contributed by atoms with van der Waals surface area (Å²) in [5.74, 6) is -0.0386. The molecule has 132 valence electrons. The van der Waals surface area contributed by atoms with Gasteiger partial charge in [0.05, 0.1) is 0 Å². The van der Waals surface area contributed by atoms with Gasteiger partial charge in [-0.25, -0.2) is 0 Å². The Labute approximate surface area is 145 Å². The lowest BCUT2D eigenvalue weighted by molar-refractivity contribution is -0.0498. The van der Waals surface area contributed by atoms with Gasteiger partial charge >= 0.3 is 6.61 Å². The summed E-state index contributed by atoms with van der Waals surface area (Å²) in [4.78, 5) is 16.6. The number of carbonyl (C=O) groups is 1. The Hall–Kier alpha value is -2.63. The minimum Gasteiger partial charge on any atom is -0.435 e. The van der Waals surface area contributed by atoms with Gasteiger partial charge in [-0.3, -0.25) is 4.79 Å². The summed E-state index contributed by atoms with van der Waals surface area (Å²) in [6, 6.07) is 14.1. The molecule has 0 spiro atoms. The Morgan fingerprint density at radius 1 is 1.04 bits per heavy atom. The maximum Gasteiger partial charge on any atom is 0.387 e. The summed E-state index contributed by atoms with van der Waals surface area (Å²) in [6.45, 7) is 1.98. The molecule has 0 atom stereocenters. The number of amides is 1. The molecule has 4 nitrogen and oxygen atoms in total. The number of aryl methyl sites for hydroxylation is 1. The maximum absolute atomic E-state index is 12.5. The SMILES string of the molecule is Cc1cccc(N2CCN(C(=O)c3ccc(OC(F)F)cc3)CC2)c1. The average Bonchev–Trinajstić information content (AvgIpc) is 2.61. The second-order valence-corrected chi connectivity index (χ2v) is 6.02. The van der Waals surface area contributed by atoms with E-state index < -0.39 is 6.61 Å². The molecule has 0 bridgehead atoms. The summed E-state index contributed by atoms with van der Waals surface area (Å²) in [7, 11) is 0. The molecule has 2 aromatic rings. The van der Waals surface area contributed by atoms with Gasteiger partial charge in [-0.2, -0.15) is 8.78 Å². The van der Waals surface area contributed by atoms with Gasteiger partial charge in [-0.05, 0) is 48.9 Å². The highest BCUT2D eigenvalue weighted by Crippen LogP contribution is 2.20. The molecule has 1 aliphatic rings. The van der Waals surface area contributed by atoms with Gasteiger partial charge in [0.25, 0.3) is 5.91 Å². The number of carbonyl (C=O) groups excluding carboxylic acids is 1. The number of nitrogens with zero attached hydrogens (tertiary/aromatic N) is 2. The molecule has 1 fully saturated rings. The first kappa shape index (κ1) is 17.2. The number of benzene rings is 2. The lowest BCUT2D eigenvalue weighted by Crippen LogP contribution is -2.48. The molecule has 6 heteroatoms. The maximum atomic E-state index is 12.5. The van der Waals surface area contributed by atoms with Crippen LogP contribution in [-0.2, 0) is 0 Å². The summed E-state index contributed by atoms with van der Waals surface area (Å²) in [5, 5.41) is 0. The van der Waals surface area contributed by atoms with Gasteiger partial charge in [0, 0.05) is 37.4 Å². The molecule has 0 radical (unpaired) electrons. The molecule has 1 heterocycles. The number of piperazine rings is 1. The van der Waals surface area contributed by atoms with E-state index in [1.54, 1.807) is 4.90 Å². The van der Waals surface area contributed by atoms with E-state index in [9.17, 15) is 13.6 Å². The van der Waals surface area contributed by atoms with Gasteiger partial charge in [0.1, 0.15) is 5.75 Å². The van der Waals surface area contributed by atoms with Crippen LogP contribution in [0.2, 0.25) is 0 Å². The first-order chi connectivity index (χ1) is 12.0. The smallest absolute Gasteiger partial charge is 0.387 e. The van der Waals surface area contributed by atoms with Crippen LogP contribution in [0.25, 0.3) is 0 Å². The summed E-state index contributed by atoms with van der Waals surface area (Å²) in [6.07, 6.45) is 0. The zero-order valence-corrected chi connectivity index (χ0v) is 14.0. The molecule has 0 saturated carbocycles. The predicted molar refractivity (Wildman–Crippen MR) is 92.4 cm³/mol. The molecule has 2 aromatic carbocycles. The molecule has 0 aliphatic carbocycles. The molecule has 25 heavy (non-hydrogen) atoms. The molecular formula is C19H20F2N2O2. The molecule has 0 unspecified atom stereocenters. The highest BCUT2D eigenvalue weighted by Gasteiger charge is 2.22. The van der Waals surface area contributed by atoms with E-state index in [4.69, 9.17) is 0 Å². The van der Waals surface area contributed by atoms with Crippen molar-refractivity contribution in [1.29, 1.82) is 0 Å². The van der Waals surface area contributed by atoms with Crippen molar-refractivity contribution in [2.75, 3.05) is 31.1 Å².